The zero-order chi connectivity index (χ0) is 16.3. The van der Waals surface area contributed by atoms with Crippen molar-refractivity contribution in [1.82, 2.24) is 10.6 Å². The molecule has 2 N–H and O–H groups in total. The number of nitrogens with one attached hydrogen (secondary N) is 2. The van der Waals surface area contributed by atoms with Crippen LogP contribution in [0.1, 0.15) is 11.1 Å². The van der Waals surface area contributed by atoms with Crippen LogP contribution in [0.5, 0.6) is 5.75 Å². The number of rotatable bonds is 9. The van der Waals surface area contributed by atoms with Gasteiger partial charge in [0.1, 0.15) is 5.75 Å². The van der Waals surface area contributed by atoms with Crippen molar-refractivity contribution in [2.24, 2.45) is 4.99 Å². The topological polar surface area (TPSA) is 64.1 Å². The quantitative estimate of drug-likeness (QED) is 0.260. The van der Waals surface area contributed by atoms with Crippen LogP contribution in [0.25, 0.3) is 0 Å². The zero-order valence-electron chi connectivity index (χ0n) is 14.5. The van der Waals surface area contributed by atoms with E-state index in [-0.39, 0.29) is 24.0 Å². The molecule has 0 aliphatic carbocycles. The van der Waals surface area contributed by atoms with Gasteiger partial charge in [-0.3, -0.25) is 4.99 Å². The van der Waals surface area contributed by atoms with E-state index in [1.807, 2.05) is 0 Å². The highest BCUT2D eigenvalue weighted by Crippen LogP contribution is 2.25. The predicted octanol–water partition coefficient (Wildman–Crippen LogP) is 1.61. The van der Waals surface area contributed by atoms with E-state index in [0.29, 0.717) is 19.8 Å². The molecular formula is C17H28IN3O3. The summed E-state index contributed by atoms with van der Waals surface area (Å²) >= 11 is 0. The second-order valence-electron chi connectivity index (χ2n) is 5.32. The van der Waals surface area contributed by atoms with E-state index in [4.69, 9.17) is 14.2 Å². The standard InChI is InChI=1S/C17H27N3O3.HI/c1-18-17(20-8-10-22-12-11-21-2)19-7-5-14-3-4-16-15(13-14)6-9-23-16;/h3-4,13H,5-12H2,1-2H3,(H2,18,19,20);1H. The van der Waals surface area contributed by atoms with Crippen molar-refractivity contribution < 1.29 is 14.2 Å². The summed E-state index contributed by atoms with van der Waals surface area (Å²) in [4.78, 5) is 4.21. The Kier molecular flexibility index (Phi) is 10.8. The molecule has 0 spiro atoms. The Morgan fingerprint density at radius 3 is 2.83 bits per heavy atom. The SMILES string of the molecule is CN=C(NCCOCCOC)NCCc1ccc2c(c1)CCO2.I. The number of fused-ring (bicyclic) bond motifs is 1. The highest BCUT2D eigenvalue weighted by molar-refractivity contribution is 14.0. The smallest absolute Gasteiger partial charge is 0.191 e. The van der Waals surface area contributed by atoms with Gasteiger partial charge >= 0.3 is 0 Å². The number of methoxy groups -OCH3 is 1. The summed E-state index contributed by atoms with van der Waals surface area (Å²) in [5, 5.41) is 6.54. The Balaban J connectivity index is 0.00000288. The number of nitrogens with zero attached hydrogens (tertiary/aromatic N) is 1. The van der Waals surface area contributed by atoms with Crippen LogP contribution in [0.3, 0.4) is 0 Å². The normalized spacial score (nSPS) is 13.0. The lowest BCUT2D eigenvalue weighted by Crippen LogP contribution is -2.39. The first-order valence-electron chi connectivity index (χ1n) is 8.09. The molecule has 6 nitrogen and oxygen atoms in total. The Morgan fingerprint density at radius 1 is 1.21 bits per heavy atom. The molecule has 0 aromatic heterocycles. The van der Waals surface area contributed by atoms with Crippen LogP contribution in [0.4, 0.5) is 0 Å². The lowest BCUT2D eigenvalue weighted by Gasteiger charge is -2.12. The first-order chi connectivity index (χ1) is 11.3. The van der Waals surface area contributed by atoms with Crippen molar-refractivity contribution in [3.63, 3.8) is 0 Å². The molecule has 0 saturated carbocycles. The number of ether oxygens (including phenoxy) is 3. The molecule has 0 saturated heterocycles. The molecule has 0 atom stereocenters. The molecule has 0 fully saturated rings. The maximum absolute atomic E-state index is 5.53. The summed E-state index contributed by atoms with van der Waals surface area (Å²) < 4.78 is 15.9. The number of hydrogen-bond acceptors (Lipinski definition) is 4. The molecule has 1 heterocycles. The Bertz CT molecular complexity index is 512. The van der Waals surface area contributed by atoms with Gasteiger partial charge in [0.2, 0.25) is 0 Å². The van der Waals surface area contributed by atoms with E-state index in [2.05, 4.69) is 33.8 Å². The van der Waals surface area contributed by atoms with Crippen molar-refractivity contribution in [1.29, 1.82) is 0 Å². The molecule has 1 aromatic rings. The van der Waals surface area contributed by atoms with Gasteiger partial charge in [-0.15, -0.1) is 24.0 Å². The van der Waals surface area contributed by atoms with Crippen LogP contribution >= 0.6 is 24.0 Å². The van der Waals surface area contributed by atoms with Crippen LogP contribution in [0.2, 0.25) is 0 Å². The summed E-state index contributed by atoms with van der Waals surface area (Å²) in [5.74, 6) is 1.83. The third-order valence-electron chi connectivity index (χ3n) is 3.65. The minimum atomic E-state index is 0. The van der Waals surface area contributed by atoms with Crippen LogP contribution in [-0.2, 0) is 22.3 Å². The van der Waals surface area contributed by atoms with Gasteiger partial charge in [-0.05, 0) is 23.6 Å². The maximum Gasteiger partial charge on any atom is 0.191 e. The third-order valence-corrected chi connectivity index (χ3v) is 3.65. The molecule has 0 amide bonds. The highest BCUT2D eigenvalue weighted by atomic mass is 127. The molecule has 24 heavy (non-hydrogen) atoms. The minimum Gasteiger partial charge on any atom is -0.493 e. The number of halogens is 1. The van der Waals surface area contributed by atoms with Crippen molar-refractivity contribution in [3.8, 4) is 5.75 Å². The fourth-order valence-electron chi connectivity index (χ4n) is 2.43. The fraction of sp³-hybridized carbons (Fsp3) is 0.588. The van der Waals surface area contributed by atoms with Gasteiger partial charge in [0.05, 0.1) is 26.4 Å². The van der Waals surface area contributed by atoms with Gasteiger partial charge in [0.15, 0.2) is 5.96 Å². The Labute approximate surface area is 161 Å². The highest BCUT2D eigenvalue weighted by Gasteiger charge is 2.11. The van der Waals surface area contributed by atoms with Gasteiger partial charge in [-0.25, -0.2) is 0 Å². The predicted molar refractivity (Wildman–Crippen MR) is 107 cm³/mol. The van der Waals surface area contributed by atoms with Gasteiger partial charge in [0, 0.05) is 33.7 Å². The number of aliphatic imine (C=N–C) groups is 1. The maximum atomic E-state index is 5.53. The zero-order valence-corrected chi connectivity index (χ0v) is 16.8. The molecule has 136 valence electrons. The van der Waals surface area contributed by atoms with Gasteiger partial charge in [-0.2, -0.15) is 0 Å². The van der Waals surface area contributed by atoms with Gasteiger partial charge in [0.25, 0.3) is 0 Å². The number of guanidine groups is 1. The van der Waals surface area contributed by atoms with Crippen LogP contribution < -0.4 is 15.4 Å². The van der Waals surface area contributed by atoms with Crippen LogP contribution in [0, 0.1) is 0 Å². The second kappa shape index (κ2) is 12.3. The molecule has 1 aliphatic rings. The molecule has 1 aromatic carbocycles. The molecule has 1 aliphatic heterocycles. The lowest BCUT2D eigenvalue weighted by molar-refractivity contribution is 0.0733. The Morgan fingerprint density at radius 2 is 2.04 bits per heavy atom. The molecular weight excluding hydrogens is 421 g/mol. The monoisotopic (exact) mass is 449 g/mol. The summed E-state index contributed by atoms with van der Waals surface area (Å²) in [6.45, 7) is 4.24. The van der Waals surface area contributed by atoms with E-state index in [0.717, 1.165) is 44.2 Å². The molecule has 0 bridgehead atoms. The van der Waals surface area contributed by atoms with E-state index >= 15 is 0 Å². The minimum absolute atomic E-state index is 0. The van der Waals surface area contributed by atoms with Gasteiger partial charge in [-0.1, -0.05) is 12.1 Å². The van der Waals surface area contributed by atoms with Crippen molar-refractivity contribution in [3.05, 3.63) is 29.3 Å². The average Bonchev–Trinajstić information content (AvgIpc) is 3.04. The van der Waals surface area contributed by atoms with Crippen molar-refractivity contribution >= 4 is 29.9 Å². The average molecular weight is 449 g/mol. The fourth-order valence-corrected chi connectivity index (χ4v) is 2.43. The molecule has 0 radical (unpaired) electrons. The largest absolute Gasteiger partial charge is 0.493 e. The van der Waals surface area contributed by atoms with E-state index in [1.54, 1.807) is 14.2 Å². The molecule has 0 unspecified atom stereocenters. The van der Waals surface area contributed by atoms with E-state index in [9.17, 15) is 0 Å². The van der Waals surface area contributed by atoms with E-state index < -0.39 is 0 Å². The van der Waals surface area contributed by atoms with Crippen molar-refractivity contribution in [2.45, 2.75) is 12.8 Å². The summed E-state index contributed by atoms with van der Waals surface area (Å²) in [7, 11) is 3.44. The van der Waals surface area contributed by atoms with Crippen molar-refractivity contribution in [2.75, 3.05) is 53.7 Å². The third kappa shape index (κ3) is 7.23. The van der Waals surface area contributed by atoms with Crippen LogP contribution in [0.15, 0.2) is 23.2 Å². The number of benzene rings is 1. The summed E-state index contributed by atoms with van der Waals surface area (Å²) in [6, 6.07) is 6.44. The first kappa shape index (κ1) is 21.0. The summed E-state index contributed by atoms with van der Waals surface area (Å²) in [6.07, 6.45) is 1.97. The van der Waals surface area contributed by atoms with E-state index in [1.165, 1.54) is 11.1 Å². The molecule has 7 heteroatoms. The number of hydrogen-bond donors (Lipinski definition) is 2. The van der Waals surface area contributed by atoms with Gasteiger partial charge < -0.3 is 24.8 Å². The summed E-state index contributed by atoms with van der Waals surface area (Å²) in [5.41, 5.74) is 2.64. The molecule has 2 rings (SSSR count). The first-order valence-corrected chi connectivity index (χ1v) is 8.09. The second-order valence-corrected chi connectivity index (χ2v) is 5.32. The lowest BCUT2D eigenvalue weighted by atomic mass is 10.1. The van der Waals surface area contributed by atoms with Crippen LogP contribution in [-0.4, -0.2) is 59.6 Å². The Hall–Kier alpha value is -1.06.